The third-order valence-corrected chi connectivity index (χ3v) is 5.71. The van der Waals surface area contributed by atoms with Crippen LogP contribution in [0.5, 0.6) is 0 Å². The highest BCUT2D eigenvalue weighted by atomic mass is 16.2. The molecule has 0 radical (unpaired) electrons. The van der Waals surface area contributed by atoms with Crippen molar-refractivity contribution in [1.82, 2.24) is 14.9 Å². The fraction of sp³-hybridized carbons (Fsp3) is 0.0769. The number of aromatic nitrogens is 2. The normalized spacial score (nSPS) is 12.5. The molecule has 0 aliphatic carbocycles. The van der Waals surface area contributed by atoms with Gasteiger partial charge in [0.1, 0.15) is 6.33 Å². The number of anilines is 2. The van der Waals surface area contributed by atoms with Gasteiger partial charge in [0, 0.05) is 42.2 Å². The van der Waals surface area contributed by atoms with Crippen molar-refractivity contribution >= 4 is 23.2 Å². The zero-order valence-corrected chi connectivity index (χ0v) is 17.7. The van der Waals surface area contributed by atoms with Crippen molar-refractivity contribution in [2.75, 3.05) is 11.1 Å². The standard InChI is InChI=1S/C26H21N5O2/c27-23-6-1-2-7-24(23)30-25(32)18-10-8-17(9-11-18)14-31-15-22-20(19-12-28-16-29-13-19)4-3-5-21(22)26(31)33/h1-13,16H,14-15,27H2,(H,30,32). The Bertz CT molecular complexity index is 1340. The monoisotopic (exact) mass is 435 g/mol. The molecule has 2 amide bonds. The Morgan fingerprint density at radius 2 is 1.67 bits per heavy atom. The lowest BCUT2D eigenvalue weighted by molar-refractivity contribution is 0.0766. The molecule has 0 atom stereocenters. The average molecular weight is 435 g/mol. The van der Waals surface area contributed by atoms with E-state index in [-0.39, 0.29) is 11.8 Å². The number of carbonyl (C=O) groups excluding carboxylic acids is 2. The van der Waals surface area contributed by atoms with E-state index in [1.54, 1.807) is 41.6 Å². The Morgan fingerprint density at radius 3 is 2.42 bits per heavy atom. The second-order valence-electron chi connectivity index (χ2n) is 7.86. The Labute approximate surface area is 190 Å². The number of fused-ring (bicyclic) bond motifs is 1. The molecule has 0 fully saturated rings. The minimum Gasteiger partial charge on any atom is -0.397 e. The maximum Gasteiger partial charge on any atom is 0.255 e. The van der Waals surface area contributed by atoms with Crippen molar-refractivity contribution in [2.45, 2.75) is 13.1 Å². The molecule has 7 heteroatoms. The van der Waals surface area contributed by atoms with Crippen LogP contribution in [-0.4, -0.2) is 26.7 Å². The van der Waals surface area contributed by atoms with Crippen LogP contribution < -0.4 is 11.1 Å². The van der Waals surface area contributed by atoms with Crippen molar-refractivity contribution in [3.05, 3.63) is 108 Å². The van der Waals surface area contributed by atoms with Crippen LogP contribution in [0.4, 0.5) is 11.4 Å². The number of hydrogen-bond acceptors (Lipinski definition) is 5. The molecule has 0 spiro atoms. The highest BCUT2D eigenvalue weighted by molar-refractivity contribution is 6.05. The van der Waals surface area contributed by atoms with Gasteiger partial charge in [0.2, 0.25) is 0 Å². The van der Waals surface area contributed by atoms with Gasteiger partial charge in [-0.1, -0.05) is 36.4 Å². The largest absolute Gasteiger partial charge is 0.397 e. The van der Waals surface area contributed by atoms with Gasteiger partial charge in [-0.05, 0) is 47.0 Å². The van der Waals surface area contributed by atoms with Gasteiger partial charge in [0.15, 0.2) is 0 Å². The van der Waals surface area contributed by atoms with Crippen LogP contribution >= 0.6 is 0 Å². The first-order chi connectivity index (χ1) is 16.1. The Morgan fingerprint density at radius 1 is 0.939 bits per heavy atom. The van der Waals surface area contributed by atoms with Crippen LogP contribution in [0.3, 0.4) is 0 Å². The smallest absolute Gasteiger partial charge is 0.255 e. The van der Waals surface area contributed by atoms with Gasteiger partial charge in [-0.25, -0.2) is 9.97 Å². The average Bonchev–Trinajstić information content (AvgIpc) is 3.17. The SMILES string of the molecule is Nc1ccccc1NC(=O)c1ccc(CN2Cc3c(cccc3-c3cncnc3)C2=O)cc1. The van der Waals surface area contributed by atoms with Gasteiger partial charge in [0.05, 0.1) is 11.4 Å². The summed E-state index contributed by atoms with van der Waals surface area (Å²) in [6.07, 6.45) is 4.99. The molecule has 0 saturated heterocycles. The summed E-state index contributed by atoms with van der Waals surface area (Å²) in [5.74, 6) is -0.246. The van der Waals surface area contributed by atoms with E-state index in [0.717, 1.165) is 22.3 Å². The number of para-hydroxylation sites is 2. The molecular weight excluding hydrogens is 414 g/mol. The molecule has 5 rings (SSSR count). The number of nitrogens with two attached hydrogens (primary N) is 1. The number of amides is 2. The predicted octanol–water partition coefficient (Wildman–Crippen LogP) is 4.13. The summed E-state index contributed by atoms with van der Waals surface area (Å²) in [4.78, 5) is 35.6. The first-order valence-corrected chi connectivity index (χ1v) is 10.5. The molecule has 0 unspecified atom stereocenters. The second kappa shape index (κ2) is 8.55. The predicted molar refractivity (Wildman–Crippen MR) is 126 cm³/mol. The lowest BCUT2D eigenvalue weighted by Crippen LogP contribution is -2.23. The fourth-order valence-electron chi connectivity index (χ4n) is 4.01. The third kappa shape index (κ3) is 4.04. The third-order valence-electron chi connectivity index (χ3n) is 5.71. The number of nitrogens with zero attached hydrogens (tertiary/aromatic N) is 3. The van der Waals surface area contributed by atoms with E-state index in [1.807, 2.05) is 42.5 Å². The Balaban J connectivity index is 1.30. The van der Waals surface area contributed by atoms with Crippen LogP contribution in [-0.2, 0) is 13.1 Å². The fourth-order valence-corrected chi connectivity index (χ4v) is 4.01. The molecule has 7 nitrogen and oxygen atoms in total. The maximum absolute atomic E-state index is 13.0. The quantitative estimate of drug-likeness (QED) is 0.459. The minimum absolute atomic E-state index is 0.00919. The summed E-state index contributed by atoms with van der Waals surface area (Å²) >= 11 is 0. The van der Waals surface area contributed by atoms with E-state index in [9.17, 15) is 9.59 Å². The van der Waals surface area contributed by atoms with Crippen LogP contribution in [0.2, 0.25) is 0 Å². The van der Waals surface area contributed by atoms with Crippen molar-refractivity contribution < 1.29 is 9.59 Å². The summed E-state index contributed by atoms with van der Waals surface area (Å²) in [6.45, 7) is 0.959. The number of carbonyl (C=O) groups is 2. The molecule has 0 saturated carbocycles. The van der Waals surface area contributed by atoms with E-state index >= 15 is 0 Å². The van der Waals surface area contributed by atoms with E-state index in [2.05, 4.69) is 15.3 Å². The highest BCUT2D eigenvalue weighted by Crippen LogP contribution is 2.33. The summed E-state index contributed by atoms with van der Waals surface area (Å²) in [6, 6.07) is 20.1. The summed E-state index contributed by atoms with van der Waals surface area (Å²) in [7, 11) is 0. The maximum atomic E-state index is 13.0. The van der Waals surface area contributed by atoms with Crippen molar-refractivity contribution in [2.24, 2.45) is 0 Å². The topological polar surface area (TPSA) is 101 Å². The van der Waals surface area contributed by atoms with Gasteiger partial charge in [0.25, 0.3) is 11.8 Å². The van der Waals surface area contributed by atoms with E-state index < -0.39 is 0 Å². The molecule has 33 heavy (non-hydrogen) atoms. The molecule has 162 valence electrons. The molecule has 1 aliphatic heterocycles. The molecule has 4 aromatic rings. The van der Waals surface area contributed by atoms with Crippen LogP contribution in [0.15, 0.2) is 85.5 Å². The van der Waals surface area contributed by atoms with E-state index in [0.29, 0.717) is 35.6 Å². The van der Waals surface area contributed by atoms with Crippen molar-refractivity contribution in [1.29, 1.82) is 0 Å². The van der Waals surface area contributed by atoms with Gasteiger partial charge in [-0.3, -0.25) is 9.59 Å². The van der Waals surface area contributed by atoms with E-state index in [4.69, 9.17) is 5.73 Å². The number of rotatable bonds is 5. The van der Waals surface area contributed by atoms with Crippen molar-refractivity contribution in [3.8, 4) is 11.1 Å². The van der Waals surface area contributed by atoms with Gasteiger partial charge >= 0.3 is 0 Å². The zero-order chi connectivity index (χ0) is 22.8. The lowest BCUT2D eigenvalue weighted by atomic mass is 9.99. The zero-order valence-electron chi connectivity index (χ0n) is 17.7. The van der Waals surface area contributed by atoms with Gasteiger partial charge in [-0.15, -0.1) is 0 Å². The highest BCUT2D eigenvalue weighted by Gasteiger charge is 2.29. The van der Waals surface area contributed by atoms with Crippen molar-refractivity contribution in [3.63, 3.8) is 0 Å². The number of nitrogen functional groups attached to an aromatic ring is 1. The molecule has 3 N–H and O–H groups in total. The summed E-state index contributed by atoms with van der Waals surface area (Å²) < 4.78 is 0. The molecule has 2 heterocycles. The summed E-state index contributed by atoms with van der Waals surface area (Å²) in [5.41, 5.74) is 12.0. The van der Waals surface area contributed by atoms with Crippen LogP contribution in [0.25, 0.3) is 11.1 Å². The number of benzene rings is 3. The second-order valence-corrected chi connectivity index (χ2v) is 7.86. The molecular formula is C26H21N5O2. The van der Waals surface area contributed by atoms with Crippen LogP contribution in [0.1, 0.15) is 31.8 Å². The first-order valence-electron chi connectivity index (χ1n) is 10.5. The van der Waals surface area contributed by atoms with Gasteiger partial charge < -0.3 is 16.0 Å². The first kappa shape index (κ1) is 20.4. The molecule has 1 aliphatic rings. The summed E-state index contributed by atoms with van der Waals surface area (Å²) in [5, 5.41) is 2.82. The molecule has 1 aromatic heterocycles. The molecule has 0 bridgehead atoms. The minimum atomic E-state index is -0.237. The van der Waals surface area contributed by atoms with Crippen LogP contribution in [0, 0.1) is 0 Å². The molecule has 3 aromatic carbocycles. The van der Waals surface area contributed by atoms with E-state index in [1.165, 1.54) is 6.33 Å². The number of hydrogen-bond donors (Lipinski definition) is 2. The Kier molecular flexibility index (Phi) is 5.28. The lowest BCUT2D eigenvalue weighted by Gasteiger charge is -2.16. The Hall–Kier alpha value is -4.52. The van der Waals surface area contributed by atoms with Gasteiger partial charge in [-0.2, -0.15) is 0 Å². The number of nitrogens with one attached hydrogen (secondary N) is 1.